The molecule has 15 heavy (non-hydrogen) atoms. The summed E-state index contributed by atoms with van der Waals surface area (Å²) in [5.74, 6) is 0. The van der Waals surface area contributed by atoms with Gasteiger partial charge in [-0.25, -0.2) is 0 Å². The molecular formula is C14H27I. The maximum absolute atomic E-state index is 2.52. The number of unbranched alkanes of at least 4 members (excludes halogenated alkanes) is 7. The molecule has 0 amide bonds. The smallest absolute Gasteiger partial charge is 0.0134 e. The second kappa shape index (κ2) is 12.5. The summed E-state index contributed by atoms with van der Waals surface area (Å²) in [6, 6.07) is 0. The molecule has 0 bridgehead atoms. The van der Waals surface area contributed by atoms with Gasteiger partial charge in [0.2, 0.25) is 0 Å². The average molecular weight is 322 g/mol. The molecule has 0 atom stereocenters. The van der Waals surface area contributed by atoms with E-state index in [1.807, 2.05) is 0 Å². The second-order valence-corrected chi connectivity index (χ2v) is 5.70. The normalized spacial score (nSPS) is 12.1. The van der Waals surface area contributed by atoms with Crippen LogP contribution in [0, 0.1) is 0 Å². The summed E-state index contributed by atoms with van der Waals surface area (Å²) in [5.41, 5.74) is 0. The maximum atomic E-state index is 2.52. The van der Waals surface area contributed by atoms with Gasteiger partial charge in [-0.1, -0.05) is 58.4 Å². The molecule has 1 heteroatoms. The zero-order chi connectivity index (χ0) is 11.4. The van der Waals surface area contributed by atoms with Crippen LogP contribution < -0.4 is 0 Å². The SMILES string of the molecule is CCCCCC/C=C(/I)CCCCCC. The lowest BCUT2D eigenvalue weighted by atomic mass is 10.1. The molecule has 0 nitrogen and oxygen atoms in total. The lowest BCUT2D eigenvalue weighted by Crippen LogP contribution is -1.79. The molecule has 0 unspecified atom stereocenters. The second-order valence-electron chi connectivity index (χ2n) is 4.31. The van der Waals surface area contributed by atoms with Gasteiger partial charge in [-0.05, 0) is 51.9 Å². The highest BCUT2D eigenvalue weighted by atomic mass is 127. The summed E-state index contributed by atoms with van der Waals surface area (Å²) in [5, 5.41) is 0. The lowest BCUT2D eigenvalue weighted by Gasteiger charge is -2.00. The predicted octanol–water partition coefficient (Wildman–Crippen LogP) is 6.25. The van der Waals surface area contributed by atoms with Gasteiger partial charge < -0.3 is 0 Å². The number of allylic oxidation sites excluding steroid dienone is 2. The van der Waals surface area contributed by atoms with Gasteiger partial charge in [0, 0.05) is 0 Å². The summed E-state index contributed by atoms with van der Waals surface area (Å²) >= 11 is 2.52. The third kappa shape index (κ3) is 12.4. The highest BCUT2D eigenvalue weighted by Crippen LogP contribution is 2.18. The molecule has 0 aromatic rings. The fourth-order valence-corrected chi connectivity index (χ4v) is 2.35. The van der Waals surface area contributed by atoms with Crippen LogP contribution in [0.2, 0.25) is 0 Å². The highest BCUT2D eigenvalue weighted by Gasteiger charge is 1.93. The molecule has 0 N–H and O–H groups in total. The van der Waals surface area contributed by atoms with Crippen molar-refractivity contribution in [2.45, 2.75) is 78.1 Å². The van der Waals surface area contributed by atoms with E-state index < -0.39 is 0 Å². The minimum absolute atomic E-state index is 1.30. The zero-order valence-corrected chi connectivity index (χ0v) is 12.7. The molecule has 0 saturated carbocycles. The van der Waals surface area contributed by atoms with Gasteiger partial charge in [0.15, 0.2) is 0 Å². The van der Waals surface area contributed by atoms with Crippen LogP contribution in [0.4, 0.5) is 0 Å². The molecule has 90 valence electrons. The van der Waals surface area contributed by atoms with Crippen molar-refractivity contribution >= 4 is 22.6 Å². The molecule has 0 aromatic heterocycles. The van der Waals surface area contributed by atoms with E-state index in [1.165, 1.54) is 64.2 Å². The van der Waals surface area contributed by atoms with Crippen LogP contribution in [-0.2, 0) is 0 Å². The summed E-state index contributed by atoms with van der Waals surface area (Å²) in [6.07, 6.45) is 16.1. The molecule has 0 aromatic carbocycles. The average Bonchev–Trinajstić information content (AvgIpc) is 2.24. The minimum Gasteiger partial charge on any atom is -0.0752 e. The maximum Gasteiger partial charge on any atom is -0.0134 e. The Morgan fingerprint density at radius 2 is 1.47 bits per heavy atom. The van der Waals surface area contributed by atoms with Gasteiger partial charge in [0.25, 0.3) is 0 Å². The predicted molar refractivity (Wildman–Crippen MR) is 79.6 cm³/mol. The van der Waals surface area contributed by atoms with E-state index >= 15 is 0 Å². The van der Waals surface area contributed by atoms with Crippen LogP contribution in [0.15, 0.2) is 9.66 Å². The first-order chi connectivity index (χ1) is 7.31. The van der Waals surface area contributed by atoms with Crippen LogP contribution in [0.25, 0.3) is 0 Å². The molecule has 0 saturated heterocycles. The van der Waals surface area contributed by atoms with E-state index in [0.717, 1.165) is 0 Å². The molecule has 0 radical (unpaired) electrons. The van der Waals surface area contributed by atoms with Crippen molar-refractivity contribution in [1.82, 2.24) is 0 Å². The topological polar surface area (TPSA) is 0 Å². The van der Waals surface area contributed by atoms with Crippen molar-refractivity contribution in [3.8, 4) is 0 Å². The van der Waals surface area contributed by atoms with Gasteiger partial charge in [0.1, 0.15) is 0 Å². The van der Waals surface area contributed by atoms with Crippen molar-refractivity contribution in [2.75, 3.05) is 0 Å². The van der Waals surface area contributed by atoms with E-state index in [4.69, 9.17) is 0 Å². The van der Waals surface area contributed by atoms with Crippen molar-refractivity contribution in [3.63, 3.8) is 0 Å². The van der Waals surface area contributed by atoms with Gasteiger partial charge in [0.05, 0.1) is 0 Å². The summed E-state index contributed by atoms with van der Waals surface area (Å²) in [7, 11) is 0. The van der Waals surface area contributed by atoms with E-state index in [1.54, 1.807) is 3.58 Å². The van der Waals surface area contributed by atoms with E-state index in [0.29, 0.717) is 0 Å². The number of hydrogen-bond acceptors (Lipinski definition) is 0. The van der Waals surface area contributed by atoms with Crippen molar-refractivity contribution in [3.05, 3.63) is 9.66 Å². The Labute approximate surface area is 110 Å². The van der Waals surface area contributed by atoms with Crippen LogP contribution >= 0.6 is 22.6 Å². The third-order valence-electron chi connectivity index (χ3n) is 2.69. The first-order valence-corrected chi connectivity index (χ1v) is 7.73. The lowest BCUT2D eigenvalue weighted by molar-refractivity contribution is 0.664. The summed E-state index contributed by atoms with van der Waals surface area (Å²) < 4.78 is 1.58. The fourth-order valence-electron chi connectivity index (χ4n) is 1.65. The molecule has 0 aliphatic heterocycles. The molecule has 0 aliphatic rings. The quantitative estimate of drug-likeness (QED) is 0.329. The first kappa shape index (κ1) is 15.5. The Morgan fingerprint density at radius 3 is 2.07 bits per heavy atom. The van der Waals surface area contributed by atoms with Gasteiger partial charge in [-0.3, -0.25) is 0 Å². The Balaban J connectivity index is 3.27. The summed E-state index contributed by atoms with van der Waals surface area (Å²) in [4.78, 5) is 0. The summed E-state index contributed by atoms with van der Waals surface area (Å²) in [6.45, 7) is 4.54. The van der Waals surface area contributed by atoms with E-state index in [-0.39, 0.29) is 0 Å². The first-order valence-electron chi connectivity index (χ1n) is 6.65. The standard InChI is InChI=1S/C14H27I/c1-3-5-7-9-11-13-14(15)12-10-8-6-4-2/h13H,3-12H2,1-2H3/b14-13+. The molecule has 0 aliphatic carbocycles. The Hall–Kier alpha value is 0.470. The molecule has 0 heterocycles. The van der Waals surface area contributed by atoms with Crippen molar-refractivity contribution in [1.29, 1.82) is 0 Å². The Kier molecular flexibility index (Phi) is 12.9. The fraction of sp³-hybridized carbons (Fsp3) is 0.857. The van der Waals surface area contributed by atoms with Crippen molar-refractivity contribution < 1.29 is 0 Å². The number of halogens is 1. The monoisotopic (exact) mass is 322 g/mol. The van der Waals surface area contributed by atoms with Crippen LogP contribution in [0.3, 0.4) is 0 Å². The van der Waals surface area contributed by atoms with Crippen molar-refractivity contribution in [2.24, 2.45) is 0 Å². The van der Waals surface area contributed by atoms with Gasteiger partial charge >= 0.3 is 0 Å². The molecule has 0 spiro atoms. The zero-order valence-electron chi connectivity index (χ0n) is 10.5. The molecule has 0 fully saturated rings. The molecular weight excluding hydrogens is 295 g/mol. The minimum atomic E-state index is 1.30. The number of hydrogen-bond donors (Lipinski definition) is 0. The van der Waals surface area contributed by atoms with E-state index in [9.17, 15) is 0 Å². The Bertz CT molecular complexity index is 149. The molecule has 0 rings (SSSR count). The van der Waals surface area contributed by atoms with Crippen LogP contribution in [-0.4, -0.2) is 0 Å². The Morgan fingerprint density at radius 1 is 0.867 bits per heavy atom. The third-order valence-corrected chi connectivity index (χ3v) is 3.67. The van der Waals surface area contributed by atoms with Gasteiger partial charge in [-0.15, -0.1) is 0 Å². The highest BCUT2D eigenvalue weighted by molar-refractivity contribution is 14.1. The van der Waals surface area contributed by atoms with Crippen LogP contribution in [0.1, 0.15) is 78.1 Å². The van der Waals surface area contributed by atoms with Gasteiger partial charge in [-0.2, -0.15) is 0 Å². The van der Waals surface area contributed by atoms with E-state index in [2.05, 4.69) is 42.5 Å². The van der Waals surface area contributed by atoms with Crippen LogP contribution in [0.5, 0.6) is 0 Å². The largest absolute Gasteiger partial charge is 0.0752 e. The number of rotatable bonds is 10.